The Bertz CT molecular complexity index is 1590. The van der Waals surface area contributed by atoms with E-state index in [1.807, 2.05) is 49.4 Å². The predicted octanol–water partition coefficient (Wildman–Crippen LogP) is 3.23. The zero-order chi connectivity index (χ0) is 26.6. The summed E-state index contributed by atoms with van der Waals surface area (Å²) >= 11 is 0. The Morgan fingerprint density at radius 1 is 1.08 bits per heavy atom. The molecule has 194 valence electrons. The molecule has 3 heterocycles. The van der Waals surface area contributed by atoms with Crippen molar-refractivity contribution in [3.63, 3.8) is 0 Å². The number of aromatic nitrogens is 6. The van der Waals surface area contributed by atoms with Gasteiger partial charge in [0.25, 0.3) is 5.91 Å². The van der Waals surface area contributed by atoms with Gasteiger partial charge >= 0.3 is 0 Å². The van der Waals surface area contributed by atoms with Gasteiger partial charge < -0.3 is 15.8 Å². The number of carbonyl (C=O) groups is 1. The molecule has 0 aliphatic rings. The van der Waals surface area contributed by atoms with Gasteiger partial charge in [-0.3, -0.25) is 9.48 Å². The second-order valence-corrected chi connectivity index (χ2v) is 8.94. The number of nitrogen functional groups attached to an aromatic ring is 1. The third kappa shape index (κ3) is 5.37. The van der Waals surface area contributed by atoms with Gasteiger partial charge in [-0.15, -0.1) is 5.10 Å². The van der Waals surface area contributed by atoms with E-state index in [0.29, 0.717) is 31.3 Å². The standard InChI is InChI=1S/C27H27FN8O2/c1-17-20(7-8-23-22(17)9-10-30-25(23)29)11-31-27(37)26-33-24(16-38-2)36(34-26)14-19-5-3-18(4-6-19)13-35-15-21(28)12-32-35/h3-10,12,15H,11,13-14,16H2,1-2H3,(H2,29,30)(H,31,37). The van der Waals surface area contributed by atoms with Crippen molar-refractivity contribution in [2.24, 2.45) is 0 Å². The van der Waals surface area contributed by atoms with E-state index in [4.69, 9.17) is 10.5 Å². The molecule has 5 rings (SSSR count). The smallest absolute Gasteiger partial charge is 0.291 e. The molecule has 3 N–H and O–H groups in total. The van der Waals surface area contributed by atoms with Crippen LogP contribution in [0, 0.1) is 12.7 Å². The van der Waals surface area contributed by atoms with E-state index in [-0.39, 0.29) is 24.2 Å². The first-order valence-corrected chi connectivity index (χ1v) is 12.0. The van der Waals surface area contributed by atoms with Crippen molar-refractivity contribution in [2.45, 2.75) is 33.2 Å². The number of hydrogen-bond acceptors (Lipinski definition) is 7. The lowest BCUT2D eigenvalue weighted by Crippen LogP contribution is -2.24. The monoisotopic (exact) mass is 514 g/mol. The molecule has 0 unspecified atom stereocenters. The number of aryl methyl sites for hydroxylation is 1. The summed E-state index contributed by atoms with van der Waals surface area (Å²) < 4.78 is 21.6. The number of halogens is 1. The second-order valence-electron chi connectivity index (χ2n) is 8.94. The fraction of sp³-hybridized carbons (Fsp3) is 0.222. The van der Waals surface area contributed by atoms with Crippen LogP contribution in [0.5, 0.6) is 0 Å². The highest BCUT2D eigenvalue weighted by Crippen LogP contribution is 2.24. The van der Waals surface area contributed by atoms with Crippen molar-refractivity contribution in [1.82, 2.24) is 34.8 Å². The van der Waals surface area contributed by atoms with Crippen LogP contribution in [0.1, 0.15) is 38.7 Å². The minimum absolute atomic E-state index is 0.0706. The number of amides is 1. The quantitative estimate of drug-likeness (QED) is 0.309. The number of nitrogens with zero attached hydrogens (tertiary/aromatic N) is 6. The SMILES string of the molecule is COCc1nc(C(=O)NCc2ccc3c(N)nccc3c2C)nn1Cc1ccc(Cn2cc(F)cn2)cc1. The first kappa shape index (κ1) is 25.0. The van der Waals surface area contributed by atoms with Crippen molar-refractivity contribution in [1.29, 1.82) is 0 Å². The van der Waals surface area contributed by atoms with Crippen LogP contribution in [0.15, 0.2) is 61.1 Å². The summed E-state index contributed by atoms with van der Waals surface area (Å²) in [5, 5.41) is 13.2. The summed E-state index contributed by atoms with van der Waals surface area (Å²) in [4.78, 5) is 21.5. The number of ether oxygens (including phenoxy) is 1. The highest BCUT2D eigenvalue weighted by molar-refractivity contribution is 5.94. The van der Waals surface area contributed by atoms with Crippen LogP contribution in [0.4, 0.5) is 10.2 Å². The van der Waals surface area contributed by atoms with Crippen LogP contribution < -0.4 is 11.1 Å². The second kappa shape index (κ2) is 10.8. The average molecular weight is 515 g/mol. The van der Waals surface area contributed by atoms with Crippen molar-refractivity contribution >= 4 is 22.5 Å². The van der Waals surface area contributed by atoms with E-state index >= 15 is 0 Å². The summed E-state index contributed by atoms with van der Waals surface area (Å²) in [6.07, 6.45) is 4.21. The minimum atomic E-state index is -0.378. The first-order valence-electron chi connectivity index (χ1n) is 12.0. The van der Waals surface area contributed by atoms with Crippen molar-refractivity contribution in [2.75, 3.05) is 12.8 Å². The molecule has 0 spiro atoms. The fourth-order valence-corrected chi connectivity index (χ4v) is 4.29. The molecule has 10 nitrogen and oxygen atoms in total. The molecule has 0 fully saturated rings. The molecule has 5 aromatic rings. The fourth-order valence-electron chi connectivity index (χ4n) is 4.29. The lowest BCUT2D eigenvalue weighted by Gasteiger charge is -2.11. The Morgan fingerprint density at radius 2 is 1.84 bits per heavy atom. The van der Waals surface area contributed by atoms with Gasteiger partial charge in [-0.05, 0) is 40.6 Å². The Morgan fingerprint density at radius 3 is 2.55 bits per heavy atom. The Labute approximate surface area is 218 Å². The van der Waals surface area contributed by atoms with Crippen molar-refractivity contribution in [3.05, 3.63) is 101 Å². The van der Waals surface area contributed by atoms with Crippen molar-refractivity contribution < 1.29 is 13.9 Å². The summed E-state index contributed by atoms with van der Waals surface area (Å²) in [6.45, 7) is 3.40. The van der Waals surface area contributed by atoms with Gasteiger partial charge in [0.05, 0.1) is 25.5 Å². The van der Waals surface area contributed by atoms with E-state index in [0.717, 1.165) is 33.0 Å². The van der Waals surface area contributed by atoms with E-state index in [9.17, 15) is 9.18 Å². The number of anilines is 1. The van der Waals surface area contributed by atoms with Crippen LogP contribution in [-0.2, 0) is 31.0 Å². The van der Waals surface area contributed by atoms with Crippen LogP contribution in [0.3, 0.4) is 0 Å². The number of fused-ring (bicyclic) bond motifs is 1. The van der Waals surface area contributed by atoms with Gasteiger partial charge in [0, 0.05) is 25.2 Å². The number of pyridine rings is 1. The Hall–Kier alpha value is -4.64. The third-order valence-electron chi connectivity index (χ3n) is 6.32. The minimum Gasteiger partial charge on any atom is -0.383 e. The molecule has 3 aromatic heterocycles. The van der Waals surface area contributed by atoms with Crippen LogP contribution >= 0.6 is 0 Å². The molecule has 2 aromatic carbocycles. The molecule has 0 radical (unpaired) electrons. The van der Waals surface area contributed by atoms with Gasteiger partial charge in [0.1, 0.15) is 12.4 Å². The maximum atomic E-state index is 13.2. The third-order valence-corrected chi connectivity index (χ3v) is 6.32. The average Bonchev–Trinajstić information content (AvgIpc) is 3.51. The Kier molecular flexibility index (Phi) is 7.09. The molecular formula is C27H27FN8O2. The van der Waals surface area contributed by atoms with Crippen LogP contribution in [-0.4, -0.2) is 42.5 Å². The van der Waals surface area contributed by atoms with Gasteiger partial charge in [-0.25, -0.2) is 19.0 Å². The number of hydrogen-bond donors (Lipinski definition) is 2. The van der Waals surface area contributed by atoms with Crippen LogP contribution in [0.25, 0.3) is 10.8 Å². The summed E-state index contributed by atoms with van der Waals surface area (Å²) in [6, 6.07) is 13.6. The van der Waals surface area contributed by atoms with Gasteiger partial charge in [0.2, 0.25) is 5.82 Å². The molecule has 1 amide bonds. The Balaban J connectivity index is 1.27. The van der Waals surface area contributed by atoms with Gasteiger partial charge in [-0.1, -0.05) is 36.4 Å². The molecule has 11 heteroatoms. The molecule has 0 saturated carbocycles. The van der Waals surface area contributed by atoms with Crippen LogP contribution in [0.2, 0.25) is 0 Å². The molecule has 38 heavy (non-hydrogen) atoms. The number of nitrogens with two attached hydrogens (primary N) is 1. The molecular weight excluding hydrogens is 487 g/mol. The molecule has 0 atom stereocenters. The first-order chi connectivity index (χ1) is 18.4. The molecule has 0 bridgehead atoms. The highest BCUT2D eigenvalue weighted by atomic mass is 19.1. The molecule has 0 saturated heterocycles. The molecule has 0 aliphatic carbocycles. The molecule has 0 aliphatic heterocycles. The summed E-state index contributed by atoms with van der Waals surface area (Å²) in [5.41, 5.74) is 9.92. The van der Waals surface area contributed by atoms with Crippen molar-refractivity contribution in [3.8, 4) is 0 Å². The van der Waals surface area contributed by atoms with Gasteiger partial charge in [0.15, 0.2) is 11.6 Å². The lowest BCUT2D eigenvalue weighted by atomic mass is 10.0. The predicted molar refractivity (Wildman–Crippen MR) is 140 cm³/mol. The van der Waals surface area contributed by atoms with E-state index in [2.05, 4.69) is 25.5 Å². The van der Waals surface area contributed by atoms with Gasteiger partial charge in [-0.2, -0.15) is 5.10 Å². The summed E-state index contributed by atoms with van der Waals surface area (Å²) in [7, 11) is 1.57. The zero-order valence-corrected chi connectivity index (χ0v) is 21.1. The number of carbonyl (C=O) groups excluding carboxylic acids is 1. The topological polar surface area (TPSA) is 126 Å². The van der Waals surface area contributed by atoms with E-state index in [1.165, 1.54) is 17.1 Å². The lowest BCUT2D eigenvalue weighted by molar-refractivity contribution is 0.0940. The highest BCUT2D eigenvalue weighted by Gasteiger charge is 2.17. The largest absolute Gasteiger partial charge is 0.383 e. The van der Waals surface area contributed by atoms with E-state index in [1.54, 1.807) is 18.0 Å². The maximum absolute atomic E-state index is 13.2. The number of methoxy groups -OCH3 is 1. The summed E-state index contributed by atoms with van der Waals surface area (Å²) in [5.74, 6) is 0.342. The normalized spacial score (nSPS) is 11.2. The number of benzene rings is 2. The maximum Gasteiger partial charge on any atom is 0.291 e. The number of nitrogens with one attached hydrogen (secondary N) is 1. The number of rotatable bonds is 9. The van der Waals surface area contributed by atoms with E-state index < -0.39 is 0 Å². The zero-order valence-electron chi connectivity index (χ0n) is 21.1.